The fraction of sp³-hybridized carbons (Fsp3) is 0.500. The van der Waals surface area contributed by atoms with Crippen LogP contribution >= 0.6 is 0 Å². The van der Waals surface area contributed by atoms with Gasteiger partial charge in [0.15, 0.2) is 0 Å². The molecule has 0 aliphatic carbocycles. The largest absolute Gasteiger partial charge is 0.289 e. The number of nitrogens with one attached hydrogen (secondary N) is 1. The van der Waals surface area contributed by atoms with Crippen LogP contribution in [0.5, 0.6) is 0 Å². The predicted molar refractivity (Wildman–Crippen MR) is 46.8 cm³/mol. The van der Waals surface area contributed by atoms with E-state index in [1.807, 2.05) is 0 Å². The van der Waals surface area contributed by atoms with Crippen molar-refractivity contribution in [2.75, 3.05) is 14.1 Å². The first-order valence-electron chi connectivity index (χ1n) is 3.46. The summed E-state index contributed by atoms with van der Waals surface area (Å²) in [4.78, 5) is 27.8. The maximum Gasteiger partial charge on any atom is 0.240 e. The van der Waals surface area contributed by atoms with Crippen LogP contribution < -0.4 is 5.48 Å². The molecule has 0 spiro atoms. The zero-order valence-electron chi connectivity index (χ0n) is 8.97. The number of carbonyl (C=O) groups is 3. The first kappa shape index (κ1) is 24.2. The quantitative estimate of drug-likeness (QED) is 0.209. The maximum atomic E-state index is 9.45. The Morgan fingerprint density at radius 1 is 1.12 bits per heavy atom. The van der Waals surface area contributed by atoms with Crippen molar-refractivity contribution >= 4 is 18.7 Å². The molecule has 0 bridgehead atoms. The second-order valence-electron chi connectivity index (χ2n) is 2.03. The van der Waals surface area contributed by atoms with Crippen molar-refractivity contribution < 1.29 is 47.1 Å². The van der Waals surface area contributed by atoms with Gasteiger partial charge in [-0.05, 0) is 0 Å². The fourth-order valence-electron chi connectivity index (χ4n) is 0. The van der Waals surface area contributed by atoms with Gasteiger partial charge in [0.05, 0.1) is 0 Å². The van der Waals surface area contributed by atoms with Crippen LogP contribution in [0.25, 0.3) is 0 Å². The van der Waals surface area contributed by atoms with E-state index in [4.69, 9.17) is 15.6 Å². The first-order chi connectivity index (χ1) is 6.81. The van der Waals surface area contributed by atoms with Gasteiger partial charge in [-0.1, -0.05) is 0 Å². The van der Waals surface area contributed by atoms with Crippen molar-refractivity contribution in [1.82, 2.24) is 15.6 Å². The molecule has 0 aliphatic rings. The molecule has 0 aromatic heterocycles. The summed E-state index contributed by atoms with van der Waals surface area (Å²) in [6.07, 6.45) is 0.611. The molecule has 98 valence electrons. The molecule has 0 heterocycles. The van der Waals surface area contributed by atoms with Crippen molar-refractivity contribution in [3.8, 4) is 0 Å². The van der Waals surface area contributed by atoms with Crippen LogP contribution in [0.1, 0.15) is 6.92 Å². The summed E-state index contributed by atoms with van der Waals surface area (Å²) in [5.74, 6) is -0.440. The summed E-state index contributed by atoms with van der Waals surface area (Å²) in [5.41, 5.74) is 1.39. The molecule has 4 N–H and O–H groups in total. The van der Waals surface area contributed by atoms with Crippen LogP contribution in [0.4, 0.5) is 0 Å². The molecule has 0 aromatic rings. The monoisotopic (exact) mass is 281 g/mol. The zero-order chi connectivity index (χ0) is 12.9. The van der Waals surface area contributed by atoms with Crippen molar-refractivity contribution in [3.05, 3.63) is 0 Å². The SMILES string of the molecule is CC(=O)NO.CN(O)C=O.CN(O)C=O.[Fe]. The molecular formula is C6H15FeN3O6. The van der Waals surface area contributed by atoms with Gasteiger partial charge in [0.1, 0.15) is 0 Å². The third-order valence-corrected chi connectivity index (χ3v) is 0.463. The van der Waals surface area contributed by atoms with Gasteiger partial charge in [-0.2, -0.15) is 0 Å². The number of carbonyl (C=O) groups excluding carboxylic acids is 3. The Morgan fingerprint density at radius 3 is 1.25 bits per heavy atom. The van der Waals surface area contributed by atoms with Crippen molar-refractivity contribution in [2.45, 2.75) is 6.92 Å². The van der Waals surface area contributed by atoms with Crippen molar-refractivity contribution in [2.24, 2.45) is 0 Å². The Morgan fingerprint density at radius 2 is 1.25 bits per heavy atom. The molecule has 0 fully saturated rings. The second kappa shape index (κ2) is 19.4. The van der Waals surface area contributed by atoms with Crippen molar-refractivity contribution in [1.29, 1.82) is 0 Å². The summed E-state index contributed by atoms with van der Waals surface area (Å²) in [7, 11) is 2.49. The molecule has 0 radical (unpaired) electrons. The minimum Gasteiger partial charge on any atom is -0.289 e. The Balaban J connectivity index is -0.0000000655. The van der Waals surface area contributed by atoms with Crippen LogP contribution in [0.15, 0.2) is 0 Å². The molecule has 0 saturated heterocycles. The number of nitrogens with zero attached hydrogens (tertiary/aromatic N) is 2. The zero-order valence-corrected chi connectivity index (χ0v) is 10.1. The van der Waals surface area contributed by atoms with Gasteiger partial charge in [0.25, 0.3) is 0 Å². The molecule has 10 heteroatoms. The Labute approximate surface area is 103 Å². The summed E-state index contributed by atoms with van der Waals surface area (Å²) in [5, 5.41) is 24.1. The van der Waals surface area contributed by atoms with Gasteiger partial charge in [-0.3, -0.25) is 30.0 Å². The van der Waals surface area contributed by atoms with E-state index in [1.165, 1.54) is 26.5 Å². The number of rotatable bonds is 2. The standard InChI is InChI=1S/3C2H5NO2.Fe/c2*1-3(5)2-4;1-2(4)3-5;/h2*2,5H,1H3;5H,1H3,(H,3,4);. The number of hydrogen-bond donors (Lipinski definition) is 4. The van der Waals surface area contributed by atoms with E-state index < -0.39 is 5.91 Å². The maximum absolute atomic E-state index is 9.45. The van der Waals surface area contributed by atoms with Gasteiger partial charge >= 0.3 is 0 Å². The van der Waals surface area contributed by atoms with Gasteiger partial charge < -0.3 is 0 Å². The van der Waals surface area contributed by atoms with E-state index in [0.717, 1.165) is 0 Å². The third-order valence-electron chi connectivity index (χ3n) is 0.463. The second-order valence-corrected chi connectivity index (χ2v) is 2.03. The molecular weight excluding hydrogens is 266 g/mol. The van der Waals surface area contributed by atoms with E-state index in [2.05, 4.69) is 0 Å². The molecule has 3 amide bonds. The molecule has 0 atom stereocenters. The molecule has 16 heavy (non-hydrogen) atoms. The molecule has 0 aliphatic heterocycles. The summed E-state index contributed by atoms with van der Waals surface area (Å²) >= 11 is 0. The van der Waals surface area contributed by atoms with Crippen LogP contribution in [0.3, 0.4) is 0 Å². The van der Waals surface area contributed by atoms with Crippen LogP contribution in [-0.4, -0.2) is 58.6 Å². The van der Waals surface area contributed by atoms with Crippen LogP contribution in [0.2, 0.25) is 0 Å². The topological polar surface area (TPSA) is 130 Å². The molecule has 0 aromatic carbocycles. The molecule has 0 saturated carbocycles. The first-order valence-corrected chi connectivity index (χ1v) is 3.46. The summed E-state index contributed by atoms with van der Waals surface area (Å²) < 4.78 is 0. The van der Waals surface area contributed by atoms with Crippen molar-refractivity contribution in [3.63, 3.8) is 0 Å². The van der Waals surface area contributed by atoms with E-state index in [0.29, 0.717) is 22.9 Å². The van der Waals surface area contributed by atoms with E-state index in [1.54, 1.807) is 0 Å². The molecule has 9 nitrogen and oxygen atoms in total. The third kappa shape index (κ3) is 77.2. The normalized spacial score (nSPS) is 6.38. The van der Waals surface area contributed by atoms with E-state index >= 15 is 0 Å². The van der Waals surface area contributed by atoms with Crippen LogP contribution in [-0.2, 0) is 31.5 Å². The number of hydrogen-bond acceptors (Lipinski definition) is 6. The Kier molecular flexibility index (Phi) is 29.3. The van der Waals surface area contributed by atoms with Crippen LogP contribution in [0, 0.1) is 0 Å². The van der Waals surface area contributed by atoms with E-state index in [-0.39, 0.29) is 17.1 Å². The smallest absolute Gasteiger partial charge is 0.240 e. The van der Waals surface area contributed by atoms with Gasteiger partial charge in [-0.25, -0.2) is 15.6 Å². The average molecular weight is 281 g/mol. The minimum atomic E-state index is -0.440. The van der Waals surface area contributed by atoms with Gasteiger partial charge in [-0.15, -0.1) is 0 Å². The predicted octanol–water partition coefficient (Wildman–Crippen LogP) is -1.56. The van der Waals surface area contributed by atoms with Gasteiger partial charge in [0.2, 0.25) is 18.7 Å². The Hall–Kier alpha value is -1.19. The molecule has 0 rings (SSSR count). The van der Waals surface area contributed by atoms with E-state index in [9.17, 15) is 14.4 Å². The van der Waals surface area contributed by atoms with Gasteiger partial charge in [0, 0.05) is 38.1 Å². The molecule has 0 unspecified atom stereocenters. The summed E-state index contributed by atoms with van der Waals surface area (Å²) in [6, 6.07) is 0. The minimum absolute atomic E-state index is 0. The fourth-order valence-corrected chi connectivity index (χ4v) is 0. The number of hydroxylamine groups is 5. The number of amides is 3. The summed E-state index contributed by atoms with van der Waals surface area (Å²) in [6.45, 7) is 1.22. The average Bonchev–Trinajstić information content (AvgIpc) is 2.19. The Bertz CT molecular complexity index is 166.